The van der Waals surface area contributed by atoms with Crippen molar-refractivity contribution in [2.24, 2.45) is 0 Å². The minimum atomic E-state index is -0.639. The first-order valence-electron chi connectivity index (χ1n) is 9.64. The van der Waals surface area contributed by atoms with Crippen LogP contribution in [0.3, 0.4) is 0 Å². The Morgan fingerprint density at radius 3 is 2.58 bits per heavy atom. The molecule has 0 radical (unpaired) electrons. The number of para-hydroxylation sites is 1. The molecule has 0 unspecified atom stereocenters. The molecule has 0 aliphatic heterocycles. The number of carbonyl (C=O) groups excluding carboxylic acids is 2. The second-order valence-electron chi connectivity index (χ2n) is 6.96. The predicted octanol–water partition coefficient (Wildman–Crippen LogP) is 4.42. The molecule has 0 saturated carbocycles. The molecule has 2 heterocycles. The number of carbonyl (C=O) groups is 2. The Morgan fingerprint density at radius 2 is 1.84 bits per heavy atom. The summed E-state index contributed by atoms with van der Waals surface area (Å²) in [4.78, 5) is 29.4. The number of furan rings is 1. The van der Waals surface area contributed by atoms with Gasteiger partial charge in [-0.15, -0.1) is 0 Å². The molecule has 6 nitrogen and oxygen atoms in total. The van der Waals surface area contributed by atoms with E-state index in [9.17, 15) is 14.0 Å². The van der Waals surface area contributed by atoms with E-state index in [1.165, 1.54) is 12.1 Å². The quantitative estimate of drug-likeness (QED) is 0.469. The van der Waals surface area contributed by atoms with Gasteiger partial charge in [0.2, 0.25) is 0 Å². The van der Waals surface area contributed by atoms with Crippen LogP contribution in [0, 0.1) is 12.7 Å². The lowest BCUT2D eigenvalue weighted by molar-refractivity contribution is -0.124. The second kappa shape index (κ2) is 8.79. The number of rotatable bonds is 6. The summed E-state index contributed by atoms with van der Waals surface area (Å²) in [6.45, 7) is 1.59. The molecule has 0 atom stereocenters. The van der Waals surface area contributed by atoms with Crippen molar-refractivity contribution in [3.05, 3.63) is 89.4 Å². The minimum absolute atomic E-state index is 0.205. The molecule has 2 aromatic heterocycles. The maximum Gasteiger partial charge on any atom is 0.339 e. The SMILES string of the molecule is Cc1ccc(-c2cc(C(=O)OCC(=O)NCc3ccc(F)cc3)c3ccccc3n2)o1. The summed E-state index contributed by atoms with van der Waals surface area (Å²) < 4.78 is 23.8. The van der Waals surface area contributed by atoms with Crippen molar-refractivity contribution in [1.82, 2.24) is 10.3 Å². The molecular formula is C24H19FN2O4. The standard InChI is InChI=1S/C24H19FN2O4/c1-15-6-11-22(31-15)21-12-19(18-4-2-3-5-20(18)27-21)24(29)30-14-23(28)26-13-16-7-9-17(25)10-8-16/h2-12H,13-14H2,1H3,(H,26,28). The number of benzene rings is 2. The van der Waals surface area contributed by atoms with E-state index in [0.717, 1.165) is 11.3 Å². The van der Waals surface area contributed by atoms with Gasteiger partial charge in [-0.3, -0.25) is 4.79 Å². The molecule has 4 aromatic rings. The van der Waals surface area contributed by atoms with Gasteiger partial charge < -0.3 is 14.5 Å². The lowest BCUT2D eigenvalue weighted by Gasteiger charge is -2.10. The van der Waals surface area contributed by atoms with Crippen LogP contribution in [0.2, 0.25) is 0 Å². The van der Waals surface area contributed by atoms with Crippen LogP contribution in [-0.4, -0.2) is 23.5 Å². The van der Waals surface area contributed by atoms with Gasteiger partial charge in [0.25, 0.3) is 5.91 Å². The van der Waals surface area contributed by atoms with Crippen molar-refractivity contribution in [2.75, 3.05) is 6.61 Å². The molecule has 1 amide bonds. The van der Waals surface area contributed by atoms with Gasteiger partial charge in [-0.25, -0.2) is 14.2 Å². The van der Waals surface area contributed by atoms with Crippen molar-refractivity contribution in [3.8, 4) is 11.5 Å². The molecule has 0 aliphatic carbocycles. The molecule has 0 fully saturated rings. The summed E-state index contributed by atoms with van der Waals surface area (Å²) in [5.41, 5.74) is 2.14. The van der Waals surface area contributed by atoms with E-state index >= 15 is 0 Å². The number of nitrogens with zero attached hydrogens (tertiary/aromatic N) is 1. The van der Waals surface area contributed by atoms with E-state index in [2.05, 4.69) is 10.3 Å². The summed E-state index contributed by atoms with van der Waals surface area (Å²) in [6, 6.07) is 18.1. The first-order valence-corrected chi connectivity index (χ1v) is 9.64. The summed E-state index contributed by atoms with van der Waals surface area (Å²) in [5.74, 6) is -0.183. The van der Waals surface area contributed by atoms with Gasteiger partial charge in [0.1, 0.15) is 17.3 Å². The highest BCUT2D eigenvalue weighted by Crippen LogP contribution is 2.26. The number of amides is 1. The Hall–Kier alpha value is -4.00. The molecule has 156 valence electrons. The average Bonchev–Trinajstić information content (AvgIpc) is 3.22. The summed E-state index contributed by atoms with van der Waals surface area (Å²) in [7, 11) is 0. The third kappa shape index (κ3) is 4.78. The van der Waals surface area contributed by atoms with E-state index in [4.69, 9.17) is 9.15 Å². The number of esters is 1. The first-order chi connectivity index (χ1) is 15.0. The summed E-state index contributed by atoms with van der Waals surface area (Å²) >= 11 is 0. The number of ether oxygens (including phenoxy) is 1. The highest BCUT2D eigenvalue weighted by molar-refractivity contribution is 6.05. The zero-order chi connectivity index (χ0) is 21.8. The Labute approximate surface area is 177 Å². The van der Waals surface area contributed by atoms with Crippen molar-refractivity contribution in [2.45, 2.75) is 13.5 Å². The molecule has 0 spiro atoms. The average molecular weight is 418 g/mol. The van der Waals surface area contributed by atoms with Gasteiger partial charge in [-0.1, -0.05) is 30.3 Å². The molecule has 2 aromatic carbocycles. The van der Waals surface area contributed by atoms with Gasteiger partial charge in [0.15, 0.2) is 12.4 Å². The fraction of sp³-hybridized carbons (Fsp3) is 0.125. The third-order valence-corrected chi connectivity index (χ3v) is 4.67. The zero-order valence-electron chi connectivity index (χ0n) is 16.7. The smallest absolute Gasteiger partial charge is 0.339 e. The fourth-order valence-corrected chi connectivity index (χ4v) is 3.11. The van der Waals surface area contributed by atoms with E-state index < -0.39 is 18.5 Å². The van der Waals surface area contributed by atoms with Crippen molar-refractivity contribution in [3.63, 3.8) is 0 Å². The van der Waals surface area contributed by atoms with Crippen LogP contribution in [-0.2, 0) is 16.1 Å². The first kappa shape index (κ1) is 20.3. The van der Waals surface area contributed by atoms with Crippen LogP contribution >= 0.6 is 0 Å². The number of hydrogen-bond acceptors (Lipinski definition) is 5. The van der Waals surface area contributed by atoms with Gasteiger partial charge in [-0.2, -0.15) is 0 Å². The van der Waals surface area contributed by atoms with Crippen LogP contribution in [0.1, 0.15) is 21.7 Å². The predicted molar refractivity (Wildman–Crippen MR) is 113 cm³/mol. The van der Waals surface area contributed by atoms with Crippen LogP contribution in [0.15, 0.2) is 71.1 Å². The Bertz CT molecular complexity index is 1250. The normalized spacial score (nSPS) is 10.8. The molecule has 0 bridgehead atoms. The maximum absolute atomic E-state index is 13.0. The summed E-state index contributed by atoms with van der Waals surface area (Å²) in [6.07, 6.45) is 0. The van der Waals surface area contributed by atoms with Gasteiger partial charge in [0.05, 0.1) is 11.1 Å². The molecule has 1 N–H and O–H groups in total. The minimum Gasteiger partial charge on any atom is -0.460 e. The Balaban J connectivity index is 1.48. The van der Waals surface area contributed by atoms with Crippen LogP contribution in [0.25, 0.3) is 22.4 Å². The van der Waals surface area contributed by atoms with E-state index in [1.807, 2.05) is 19.1 Å². The number of fused-ring (bicyclic) bond motifs is 1. The maximum atomic E-state index is 13.0. The van der Waals surface area contributed by atoms with Gasteiger partial charge in [0, 0.05) is 11.9 Å². The number of aryl methyl sites for hydroxylation is 1. The highest BCUT2D eigenvalue weighted by atomic mass is 19.1. The lowest BCUT2D eigenvalue weighted by Crippen LogP contribution is -2.28. The monoisotopic (exact) mass is 418 g/mol. The van der Waals surface area contributed by atoms with Gasteiger partial charge >= 0.3 is 5.97 Å². The second-order valence-corrected chi connectivity index (χ2v) is 6.96. The molecule has 7 heteroatoms. The largest absolute Gasteiger partial charge is 0.460 e. The lowest BCUT2D eigenvalue weighted by atomic mass is 10.1. The van der Waals surface area contributed by atoms with E-state index in [-0.39, 0.29) is 12.4 Å². The molecule has 31 heavy (non-hydrogen) atoms. The highest BCUT2D eigenvalue weighted by Gasteiger charge is 2.17. The number of nitrogens with one attached hydrogen (secondary N) is 1. The molecular weight excluding hydrogens is 399 g/mol. The van der Waals surface area contributed by atoms with Crippen LogP contribution < -0.4 is 5.32 Å². The van der Waals surface area contributed by atoms with Crippen molar-refractivity contribution in [1.29, 1.82) is 0 Å². The Kier molecular flexibility index (Phi) is 5.75. The molecule has 0 saturated heterocycles. The number of pyridine rings is 1. The number of halogens is 1. The Morgan fingerprint density at radius 1 is 1.06 bits per heavy atom. The molecule has 4 rings (SSSR count). The van der Waals surface area contributed by atoms with E-state index in [1.54, 1.807) is 42.5 Å². The number of aromatic nitrogens is 1. The number of hydrogen-bond donors (Lipinski definition) is 1. The summed E-state index contributed by atoms with van der Waals surface area (Å²) in [5, 5.41) is 3.25. The third-order valence-electron chi connectivity index (χ3n) is 4.67. The van der Waals surface area contributed by atoms with Crippen LogP contribution in [0.4, 0.5) is 4.39 Å². The topological polar surface area (TPSA) is 81.4 Å². The van der Waals surface area contributed by atoms with Crippen molar-refractivity contribution >= 4 is 22.8 Å². The van der Waals surface area contributed by atoms with Crippen LogP contribution in [0.5, 0.6) is 0 Å². The zero-order valence-corrected chi connectivity index (χ0v) is 16.7. The fourth-order valence-electron chi connectivity index (χ4n) is 3.11. The molecule has 0 aliphatic rings. The van der Waals surface area contributed by atoms with Gasteiger partial charge in [-0.05, 0) is 48.9 Å². The van der Waals surface area contributed by atoms with Crippen molar-refractivity contribution < 1.29 is 23.1 Å². The van der Waals surface area contributed by atoms with E-state index in [0.29, 0.717) is 27.9 Å².